The topological polar surface area (TPSA) is 211 Å². The fraction of sp³-hybridized carbons (Fsp3) is 0.344. The molecule has 23 nitrogen and oxygen atoms in total. The Morgan fingerprint density at radius 2 is 0.767 bits per heavy atom. The zero-order valence-corrected chi connectivity index (χ0v) is 74.2. The van der Waals surface area contributed by atoms with Gasteiger partial charge in [-0.1, -0.05) is 138 Å². The first kappa shape index (κ1) is 88.2. The molecule has 6 unspecified atom stereocenters. The molecule has 120 heavy (non-hydrogen) atoms. The van der Waals surface area contributed by atoms with E-state index in [1.807, 2.05) is 131 Å². The molecule has 6 aliphatic heterocycles. The second-order valence-electron chi connectivity index (χ2n) is 31.7. The molecule has 3 aromatic carbocycles. The number of nitrogens with zero attached hydrogens (tertiary/aromatic N) is 20. The maximum Gasteiger partial charge on any atom is 0.246 e. The monoisotopic (exact) mass is 1750 g/mol. The van der Waals surface area contributed by atoms with Crippen LogP contribution in [0.2, 0.25) is 15.1 Å². The summed E-state index contributed by atoms with van der Waals surface area (Å²) in [6, 6.07) is 24.3. The minimum absolute atomic E-state index is 0.00452. The van der Waals surface area contributed by atoms with Crippen LogP contribution in [0.5, 0.6) is 0 Å². The van der Waals surface area contributed by atoms with Crippen LogP contribution >= 0.6 is 50.7 Å². The van der Waals surface area contributed by atoms with Gasteiger partial charge < -0.3 is 39.2 Å². The third-order valence-corrected chi connectivity index (χ3v) is 23.1. The Balaban J connectivity index is 0.000000166. The number of aryl methyl sites for hydroxylation is 2. The van der Waals surface area contributed by atoms with Gasteiger partial charge in [0.05, 0.1) is 83.0 Å². The SMILES string of the molecule is C=CC(=O)N1CC(C)N(C2=NC(=C)N(C(C)C)c3nc(-c4ccccc4F)c(Cl)cc32)CC1C.C=CC(=O)N1CC(C)N(C2=NC(=C)N(c3c(C)nc(Br)nc3C(C)C)c3nc(-c4ccccc4F)c(Cl)cc32)CC1C.C=CC(=O)N1CC(C)N(C2=NC(=C)N(c3c(C)nc(N(C)C)nc3C(C)C)c3nc(-c4ccccc4F)c(Cl)cc32)CC1C. The molecule has 3 fully saturated rings. The van der Waals surface area contributed by atoms with E-state index in [2.05, 4.69) is 95.9 Å². The van der Waals surface area contributed by atoms with Crippen molar-refractivity contribution >= 4 is 121 Å². The molecule has 6 aliphatic rings. The third-order valence-electron chi connectivity index (χ3n) is 21.9. The summed E-state index contributed by atoms with van der Waals surface area (Å²) < 4.78 is 45.2. The van der Waals surface area contributed by atoms with Gasteiger partial charge >= 0.3 is 0 Å². The zero-order valence-electron chi connectivity index (χ0n) is 70.4. The lowest BCUT2D eigenvalue weighted by molar-refractivity contribution is -0.131. The van der Waals surface area contributed by atoms with Gasteiger partial charge in [-0.25, -0.2) is 63.0 Å². The molecule has 0 spiro atoms. The highest BCUT2D eigenvalue weighted by atomic mass is 79.9. The fourth-order valence-corrected chi connectivity index (χ4v) is 17.2. The highest BCUT2D eigenvalue weighted by molar-refractivity contribution is 9.10. The number of fused-ring (bicyclic) bond motifs is 3. The van der Waals surface area contributed by atoms with Crippen molar-refractivity contribution in [3.63, 3.8) is 0 Å². The normalized spacial score (nSPS) is 19.1. The summed E-state index contributed by atoms with van der Waals surface area (Å²) in [6.07, 6.45) is 4.04. The van der Waals surface area contributed by atoms with E-state index in [0.29, 0.717) is 153 Å². The van der Waals surface area contributed by atoms with Crippen LogP contribution in [0.3, 0.4) is 0 Å². The number of aromatic nitrogens is 7. The van der Waals surface area contributed by atoms with Gasteiger partial charge in [-0.05, 0) is 170 Å². The van der Waals surface area contributed by atoms with Crippen molar-refractivity contribution in [1.29, 1.82) is 0 Å². The van der Waals surface area contributed by atoms with Gasteiger partial charge in [0.15, 0.2) is 16.4 Å². The van der Waals surface area contributed by atoms with Crippen molar-refractivity contribution < 1.29 is 27.6 Å². The minimum atomic E-state index is -0.432. The van der Waals surface area contributed by atoms with Crippen LogP contribution in [-0.4, -0.2) is 195 Å². The van der Waals surface area contributed by atoms with Crippen LogP contribution in [0.4, 0.5) is 47.9 Å². The highest BCUT2D eigenvalue weighted by Gasteiger charge is 2.44. The van der Waals surface area contributed by atoms with Crippen molar-refractivity contribution in [1.82, 2.24) is 64.3 Å². The molecule has 0 saturated carbocycles. The maximum absolute atomic E-state index is 15.1. The first-order valence-corrected chi connectivity index (χ1v) is 41.6. The Hall–Kier alpha value is -11.1. The number of pyridine rings is 3. The number of carbonyl (C=O) groups is 3. The van der Waals surface area contributed by atoms with Crippen molar-refractivity contribution in [2.45, 2.75) is 151 Å². The summed E-state index contributed by atoms with van der Waals surface area (Å²) in [6.45, 7) is 55.3. The lowest BCUT2D eigenvalue weighted by Crippen LogP contribution is -2.60. The van der Waals surface area contributed by atoms with Gasteiger partial charge in [-0.15, -0.1) is 0 Å². The van der Waals surface area contributed by atoms with Crippen molar-refractivity contribution in [2.24, 2.45) is 15.0 Å². The summed E-state index contributed by atoms with van der Waals surface area (Å²) in [5.41, 5.74) is 8.41. The number of hydrogen-bond donors (Lipinski definition) is 0. The lowest BCUT2D eigenvalue weighted by Gasteiger charge is -2.46. The average molecular weight is 1750 g/mol. The number of amides is 3. The summed E-state index contributed by atoms with van der Waals surface area (Å²) in [7, 11) is 3.80. The summed E-state index contributed by atoms with van der Waals surface area (Å²) in [5, 5.41) is 0.914. The van der Waals surface area contributed by atoms with Gasteiger partial charge in [0, 0.05) is 112 Å². The molecule has 3 saturated heterocycles. The summed E-state index contributed by atoms with van der Waals surface area (Å²) in [5.74, 6) is 4.08. The number of aliphatic imine (C=N–C) groups is 3. The molecule has 8 aromatic rings. The molecule has 3 amide bonds. The fourth-order valence-electron chi connectivity index (χ4n) is 15.9. The third kappa shape index (κ3) is 17.2. The van der Waals surface area contributed by atoms with Crippen LogP contribution in [0.25, 0.3) is 33.8 Å². The van der Waals surface area contributed by atoms with Gasteiger partial charge in [-0.3, -0.25) is 24.2 Å². The molecule has 0 N–H and O–H groups in total. The van der Waals surface area contributed by atoms with Gasteiger partial charge in [0.1, 0.15) is 58.2 Å². The minimum Gasteiger partial charge on any atom is -0.349 e. The molecule has 5 aromatic heterocycles. The molecule has 30 heteroatoms. The van der Waals surface area contributed by atoms with E-state index in [1.165, 1.54) is 36.4 Å². The molecule has 11 heterocycles. The van der Waals surface area contributed by atoms with Crippen LogP contribution in [0, 0.1) is 31.3 Å². The van der Waals surface area contributed by atoms with E-state index in [0.717, 1.165) is 28.3 Å². The maximum atomic E-state index is 15.1. The van der Waals surface area contributed by atoms with Gasteiger partial charge in [0.25, 0.3) is 0 Å². The Kier molecular flexibility index (Phi) is 26.5. The van der Waals surface area contributed by atoms with E-state index in [-0.39, 0.29) is 98.8 Å². The number of hydrogen-bond acceptors (Lipinski definition) is 20. The van der Waals surface area contributed by atoms with Crippen LogP contribution in [-0.2, 0) is 14.4 Å². The Morgan fingerprint density at radius 1 is 0.450 bits per heavy atom. The predicted molar refractivity (Wildman–Crippen MR) is 479 cm³/mol. The molecule has 14 rings (SSSR count). The summed E-state index contributed by atoms with van der Waals surface area (Å²) >= 11 is 23.8. The van der Waals surface area contributed by atoms with Crippen molar-refractivity contribution in [3.05, 3.63) is 243 Å². The largest absolute Gasteiger partial charge is 0.349 e. The zero-order chi connectivity index (χ0) is 87.2. The molecule has 626 valence electrons. The standard InChI is InChI=1S/C33H38ClFN8O.C31H32BrClFN7O.C26H29ClFN5O/c1-10-27(44)41-16-20(5)42(17-19(41)4)31-24-15-25(34)29(23-13-11-12-14-26(23)35)38-32(24)43(22(7)37-31)30-21(6)36-33(40(8)9)39-28(30)18(2)3;1-8-25(42)39-14-18(5)40(15-17(39)4)29-22-13-23(33)27(21-11-9-10-12-24(21)34)37-30(22)41(20(7)36-29)28-19(6)35-31(32)38-26(28)16(2)3;1-7-23(34)31-13-17(5)32(14-16(31)4)25-20-12-21(27)24(19-10-8-9-11-22(19)28)30-26(20)33(15(2)3)18(6)29-25/h10-15,18-20H,1,7,16-17H2,2-6,8-9H3;8-13,16-18H,1,7,14-15H2,2-6H3;7-12,15-17H,1,6,13-14H2,2-5H3. The number of rotatable bonds is 12. The van der Waals surface area contributed by atoms with E-state index in [1.54, 1.807) is 66.7 Å². The van der Waals surface area contributed by atoms with Crippen molar-refractivity contribution in [3.8, 4) is 33.8 Å². The van der Waals surface area contributed by atoms with E-state index >= 15 is 8.78 Å². The van der Waals surface area contributed by atoms with E-state index < -0.39 is 11.6 Å². The van der Waals surface area contributed by atoms with Crippen LogP contribution in [0.15, 0.2) is 186 Å². The second-order valence-corrected chi connectivity index (χ2v) is 33.6. The quantitative estimate of drug-likeness (QED) is 0.0822. The number of halogens is 7. The Labute approximate surface area is 723 Å². The number of anilines is 6. The smallest absolute Gasteiger partial charge is 0.246 e. The number of amidine groups is 3. The van der Waals surface area contributed by atoms with Gasteiger partial charge in [0.2, 0.25) is 23.7 Å². The number of carbonyl (C=O) groups excluding carboxylic acids is 3. The number of piperazine rings is 3. The van der Waals surface area contributed by atoms with Crippen LogP contribution < -0.4 is 19.6 Å². The number of benzene rings is 3. The van der Waals surface area contributed by atoms with E-state index in [9.17, 15) is 18.8 Å². The molecule has 0 bridgehead atoms. The molecule has 0 aliphatic carbocycles. The summed E-state index contributed by atoms with van der Waals surface area (Å²) in [4.78, 5) is 106. The average Bonchev–Trinajstić information content (AvgIpc) is 0.672. The molecule has 0 radical (unpaired) electrons. The second kappa shape index (κ2) is 36.0. The highest BCUT2D eigenvalue weighted by Crippen LogP contribution is 2.48. The molecular formula is C90H99BrCl3F3N20O3. The van der Waals surface area contributed by atoms with Crippen molar-refractivity contribution in [2.75, 3.05) is 73.0 Å². The molecule has 6 atom stereocenters. The predicted octanol–water partition coefficient (Wildman–Crippen LogP) is 18.4. The van der Waals surface area contributed by atoms with E-state index in [4.69, 9.17) is 79.7 Å². The first-order chi connectivity index (χ1) is 56.9. The van der Waals surface area contributed by atoms with Gasteiger partial charge in [-0.2, -0.15) is 0 Å². The lowest BCUT2D eigenvalue weighted by atomic mass is 10.0. The van der Waals surface area contributed by atoms with Crippen LogP contribution in [0.1, 0.15) is 134 Å². The first-order valence-electron chi connectivity index (χ1n) is 39.7. The Bertz CT molecular complexity index is 5580. The molecular weight excluding hydrogens is 1650 g/mol. The Morgan fingerprint density at radius 3 is 1.09 bits per heavy atom.